The van der Waals surface area contributed by atoms with Gasteiger partial charge in [0.15, 0.2) is 0 Å². The molecule has 0 spiro atoms. The number of hydrogen-bond donors (Lipinski definition) is 1. The molecule has 1 unspecified atom stereocenters. The minimum atomic E-state index is 0.315. The van der Waals surface area contributed by atoms with E-state index in [-0.39, 0.29) is 0 Å². The Morgan fingerprint density at radius 1 is 1.18 bits per heavy atom. The molecule has 2 heteroatoms. The quantitative estimate of drug-likeness (QED) is 0.869. The van der Waals surface area contributed by atoms with Gasteiger partial charge in [0.05, 0.1) is 6.26 Å². The van der Waals surface area contributed by atoms with Gasteiger partial charge in [-0.05, 0) is 44.5 Å². The monoisotopic (exact) mass is 229 g/mol. The summed E-state index contributed by atoms with van der Waals surface area (Å²) in [5, 5.41) is 3.36. The summed E-state index contributed by atoms with van der Waals surface area (Å²) in [7, 11) is 2.00. The lowest BCUT2D eigenvalue weighted by atomic mass is 9.96. The molecule has 0 bridgehead atoms. The van der Waals surface area contributed by atoms with E-state index >= 15 is 0 Å². The second kappa shape index (κ2) is 5.19. The van der Waals surface area contributed by atoms with E-state index in [0.29, 0.717) is 6.04 Å². The van der Waals surface area contributed by atoms with E-state index in [1.807, 2.05) is 14.0 Å². The third-order valence-corrected chi connectivity index (χ3v) is 3.31. The Morgan fingerprint density at radius 2 is 1.94 bits per heavy atom. The molecular formula is C15H19NO. The van der Waals surface area contributed by atoms with Crippen molar-refractivity contribution in [3.8, 4) is 0 Å². The molecule has 2 nitrogen and oxygen atoms in total. The molecule has 1 aromatic carbocycles. The number of nitrogens with one attached hydrogen (secondary N) is 1. The van der Waals surface area contributed by atoms with Gasteiger partial charge < -0.3 is 9.73 Å². The lowest BCUT2D eigenvalue weighted by Gasteiger charge is -2.17. The molecule has 17 heavy (non-hydrogen) atoms. The molecular weight excluding hydrogens is 210 g/mol. The van der Waals surface area contributed by atoms with Crippen molar-refractivity contribution < 1.29 is 4.42 Å². The number of furan rings is 1. The summed E-state index contributed by atoms with van der Waals surface area (Å²) < 4.78 is 5.38. The van der Waals surface area contributed by atoms with Crippen LogP contribution in [0.25, 0.3) is 0 Å². The Bertz CT molecular complexity index is 487. The molecule has 1 N–H and O–H groups in total. The van der Waals surface area contributed by atoms with Crippen LogP contribution in [0.5, 0.6) is 0 Å². The summed E-state index contributed by atoms with van der Waals surface area (Å²) in [5.74, 6) is 0.998. The smallest absolute Gasteiger partial charge is 0.105 e. The summed E-state index contributed by atoms with van der Waals surface area (Å²) in [6.07, 6.45) is 2.75. The Labute approximate surface area is 103 Å². The highest BCUT2D eigenvalue weighted by Gasteiger charge is 2.15. The number of rotatable bonds is 4. The van der Waals surface area contributed by atoms with E-state index in [1.165, 1.54) is 16.7 Å². The Balaban J connectivity index is 2.22. The van der Waals surface area contributed by atoms with Crippen LogP contribution in [0.15, 0.2) is 41.0 Å². The second-order valence-electron chi connectivity index (χ2n) is 4.40. The number of aryl methyl sites for hydroxylation is 2. The summed E-state index contributed by atoms with van der Waals surface area (Å²) in [6, 6.07) is 10.9. The maximum atomic E-state index is 5.38. The molecule has 0 saturated carbocycles. The van der Waals surface area contributed by atoms with E-state index in [9.17, 15) is 0 Å². The van der Waals surface area contributed by atoms with Crippen LogP contribution in [0.1, 0.15) is 28.5 Å². The van der Waals surface area contributed by atoms with Gasteiger partial charge in [0.2, 0.25) is 0 Å². The number of likely N-dealkylation sites (N-methyl/N-ethyl adjacent to an activating group) is 1. The van der Waals surface area contributed by atoms with Crippen LogP contribution in [-0.2, 0) is 6.42 Å². The fraction of sp³-hybridized carbons (Fsp3) is 0.333. The van der Waals surface area contributed by atoms with E-state index in [2.05, 4.69) is 42.6 Å². The molecule has 2 rings (SSSR count). The summed E-state index contributed by atoms with van der Waals surface area (Å²) in [4.78, 5) is 0. The minimum absolute atomic E-state index is 0.315. The van der Waals surface area contributed by atoms with Crippen molar-refractivity contribution in [2.75, 3.05) is 7.05 Å². The van der Waals surface area contributed by atoms with E-state index in [1.54, 1.807) is 6.26 Å². The Hall–Kier alpha value is -1.54. The molecule has 2 aromatic rings. The van der Waals surface area contributed by atoms with Crippen LogP contribution >= 0.6 is 0 Å². The van der Waals surface area contributed by atoms with Gasteiger partial charge in [0, 0.05) is 11.6 Å². The second-order valence-corrected chi connectivity index (χ2v) is 4.40. The van der Waals surface area contributed by atoms with E-state index in [0.717, 1.165) is 12.2 Å². The van der Waals surface area contributed by atoms with Gasteiger partial charge in [-0.25, -0.2) is 0 Å². The summed E-state index contributed by atoms with van der Waals surface area (Å²) >= 11 is 0. The molecule has 0 saturated heterocycles. The van der Waals surface area contributed by atoms with Gasteiger partial charge in [-0.1, -0.05) is 24.3 Å². The predicted octanol–water partition coefficient (Wildman–Crippen LogP) is 3.40. The first-order valence-electron chi connectivity index (χ1n) is 5.98. The van der Waals surface area contributed by atoms with Crippen LogP contribution < -0.4 is 5.32 Å². The lowest BCUT2D eigenvalue weighted by molar-refractivity contribution is 0.512. The first-order valence-corrected chi connectivity index (χ1v) is 5.98. The van der Waals surface area contributed by atoms with Crippen molar-refractivity contribution >= 4 is 0 Å². The van der Waals surface area contributed by atoms with Crippen molar-refractivity contribution in [2.24, 2.45) is 0 Å². The molecule has 0 aliphatic rings. The van der Waals surface area contributed by atoms with Crippen LogP contribution in [0.3, 0.4) is 0 Å². The molecule has 1 aromatic heterocycles. The predicted molar refractivity (Wildman–Crippen MR) is 70.1 cm³/mol. The fourth-order valence-corrected chi connectivity index (χ4v) is 2.18. The molecule has 0 aliphatic carbocycles. The van der Waals surface area contributed by atoms with Crippen LogP contribution in [0, 0.1) is 13.8 Å². The zero-order valence-electron chi connectivity index (χ0n) is 10.7. The third kappa shape index (κ3) is 2.59. The highest BCUT2D eigenvalue weighted by Crippen LogP contribution is 2.23. The minimum Gasteiger partial charge on any atom is -0.469 e. The summed E-state index contributed by atoms with van der Waals surface area (Å²) in [6.45, 7) is 4.17. The molecule has 0 radical (unpaired) electrons. The van der Waals surface area contributed by atoms with Crippen LogP contribution in [0.2, 0.25) is 0 Å². The molecule has 1 heterocycles. The van der Waals surface area contributed by atoms with Crippen molar-refractivity contribution in [3.05, 3.63) is 59.0 Å². The zero-order valence-corrected chi connectivity index (χ0v) is 10.7. The molecule has 0 aliphatic heterocycles. The largest absolute Gasteiger partial charge is 0.469 e. The molecule has 1 atom stereocenters. The van der Waals surface area contributed by atoms with Gasteiger partial charge in [0.1, 0.15) is 5.76 Å². The van der Waals surface area contributed by atoms with Crippen molar-refractivity contribution in [2.45, 2.75) is 26.3 Å². The van der Waals surface area contributed by atoms with Gasteiger partial charge in [-0.2, -0.15) is 0 Å². The Kier molecular flexibility index (Phi) is 3.64. The first-order chi connectivity index (χ1) is 8.22. The van der Waals surface area contributed by atoms with Crippen LogP contribution in [0.4, 0.5) is 0 Å². The maximum absolute atomic E-state index is 5.38. The normalized spacial score (nSPS) is 12.6. The fourth-order valence-electron chi connectivity index (χ4n) is 2.18. The van der Waals surface area contributed by atoms with E-state index in [4.69, 9.17) is 4.42 Å². The third-order valence-electron chi connectivity index (χ3n) is 3.31. The molecule has 0 fully saturated rings. The molecule has 90 valence electrons. The van der Waals surface area contributed by atoms with Crippen molar-refractivity contribution in [1.29, 1.82) is 0 Å². The lowest BCUT2D eigenvalue weighted by Crippen LogP contribution is -2.19. The standard InChI is InChI=1S/C15H19NO/c1-11-6-4-5-7-13(11)10-15(16-3)14-8-9-17-12(14)2/h4-9,15-16H,10H2,1-3H3. The first kappa shape index (κ1) is 11.9. The van der Waals surface area contributed by atoms with Crippen molar-refractivity contribution in [3.63, 3.8) is 0 Å². The SMILES string of the molecule is CNC(Cc1ccccc1C)c1ccoc1C. The topological polar surface area (TPSA) is 25.2 Å². The Morgan fingerprint density at radius 3 is 2.53 bits per heavy atom. The van der Waals surface area contributed by atoms with Gasteiger partial charge in [-0.15, -0.1) is 0 Å². The highest BCUT2D eigenvalue weighted by molar-refractivity contribution is 5.29. The zero-order chi connectivity index (χ0) is 12.3. The van der Waals surface area contributed by atoms with Crippen molar-refractivity contribution in [1.82, 2.24) is 5.32 Å². The number of hydrogen-bond acceptors (Lipinski definition) is 2. The average molecular weight is 229 g/mol. The van der Waals surface area contributed by atoms with E-state index < -0.39 is 0 Å². The molecule has 0 amide bonds. The van der Waals surface area contributed by atoms with Gasteiger partial charge in [-0.3, -0.25) is 0 Å². The average Bonchev–Trinajstić information content (AvgIpc) is 2.75. The van der Waals surface area contributed by atoms with Gasteiger partial charge >= 0.3 is 0 Å². The van der Waals surface area contributed by atoms with Gasteiger partial charge in [0.25, 0.3) is 0 Å². The summed E-state index contributed by atoms with van der Waals surface area (Å²) in [5.41, 5.74) is 3.97. The van der Waals surface area contributed by atoms with Crippen LogP contribution in [-0.4, -0.2) is 7.05 Å². The maximum Gasteiger partial charge on any atom is 0.105 e. The highest BCUT2D eigenvalue weighted by atomic mass is 16.3. The number of benzene rings is 1.